The van der Waals surface area contributed by atoms with E-state index in [1.165, 1.54) is 6.08 Å². The molecule has 0 saturated heterocycles. The Labute approximate surface area is 187 Å². The van der Waals surface area contributed by atoms with Crippen molar-refractivity contribution in [3.63, 3.8) is 0 Å². The first kappa shape index (κ1) is 20.9. The van der Waals surface area contributed by atoms with Gasteiger partial charge in [-0.1, -0.05) is 48.0 Å². The quantitative estimate of drug-likeness (QED) is 0.247. The Hall–Kier alpha value is -2.82. The van der Waals surface area contributed by atoms with Crippen LogP contribution in [0.4, 0.5) is 5.69 Å². The average molecular weight is 515 g/mol. The summed E-state index contributed by atoms with van der Waals surface area (Å²) in [5, 5.41) is 12.6. The van der Waals surface area contributed by atoms with Gasteiger partial charge in [0.1, 0.15) is 24.0 Å². The van der Waals surface area contributed by atoms with Crippen LogP contribution in [0.3, 0.4) is 0 Å². The van der Waals surface area contributed by atoms with E-state index in [0.717, 1.165) is 9.13 Å². The van der Waals surface area contributed by atoms with Gasteiger partial charge in [-0.2, -0.15) is 5.26 Å². The molecule has 3 aromatic carbocycles. The van der Waals surface area contributed by atoms with Crippen LogP contribution in [0.2, 0.25) is 5.02 Å². The van der Waals surface area contributed by atoms with Gasteiger partial charge in [-0.15, -0.1) is 0 Å². The number of benzene rings is 3. The highest BCUT2D eigenvalue weighted by Gasteiger charge is 2.11. The van der Waals surface area contributed by atoms with Gasteiger partial charge in [0.05, 0.1) is 0 Å². The molecule has 3 rings (SSSR count). The van der Waals surface area contributed by atoms with Crippen LogP contribution in [0.25, 0.3) is 6.08 Å². The first-order valence-electron chi connectivity index (χ1n) is 8.70. The van der Waals surface area contributed by atoms with Crippen LogP contribution in [0.1, 0.15) is 11.1 Å². The molecular formula is C23H16ClIN2O2. The first-order chi connectivity index (χ1) is 14.0. The number of nitrogens with zero attached hydrogens (tertiary/aromatic N) is 1. The van der Waals surface area contributed by atoms with Gasteiger partial charge in [-0.05, 0) is 70.6 Å². The van der Waals surface area contributed by atoms with E-state index in [0.29, 0.717) is 28.6 Å². The van der Waals surface area contributed by atoms with Crippen LogP contribution < -0.4 is 10.1 Å². The van der Waals surface area contributed by atoms with Gasteiger partial charge in [0.25, 0.3) is 5.91 Å². The summed E-state index contributed by atoms with van der Waals surface area (Å²) in [5.74, 6) is 0.0801. The van der Waals surface area contributed by atoms with Gasteiger partial charge < -0.3 is 10.1 Å². The predicted octanol–water partition coefficient (Wildman–Crippen LogP) is 6.07. The van der Waals surface area contributed by atoms with E-state index >= 15 is 0 Å². The SMILES string of the molecule is N#C/C(=C\c1ccccc1OCc1ccc(I)cc1)C(=O)Nc1cccc(Cl)c1. The average Bonchev–Trinajstić information content (AvgIpc) is 2.72. The van der Waals surface area contributed by atoms with Gasteiger partial charge in [0.2, 0.25) is 0 Å². The zero-order chi connectivity index (χ0) is 20.6. The molecule has 0 saturated carbocycles. The predicted molar refractivity (Wildman–Crippen MR) is 124 cm³/mol. The molecule has 0 radical (unpaired) electrons. The third kappa shape index (κ3) is 6.08. The van der Waals surface area contributed by atoms with Crippen LogP contribution in [0, 0.1) is 14.9 Å². The van der Waals surface area contributed by atoms with Gasteiger partial charge in [-0.25, -0.2) is 0 Å². The molecule has 0 aromatic heterocycles. The van der Waals surface area contributed by atoms with Crippen LogP contribution in [0.15, 0.2) is 78.4 Å². The van der Waals surface area contributed by atoms with E-state index in [-0.39, 0.29) is 5.57 Å². The second-order valence-corrected chi connectivity index (χ2v) is 7.77. The fourth-order valence-corrected chi connectivity index (χ4v) is 3.09. The Kier molecular flexibility index (Phi) is 7.28. The molecule has 4 nitrogen and oxygen atoms in total. The summed E-state index contributed by atoms with van der Waals surface area (Å²) in [5.41, 5.74) is 2.17. The molecule has 144 valence electrons. The molecule has 0 fully saturated rings. The number of amides is 1. The first-order valence-corrected chi connectivity index (χ1v) is 10.2. The lowest BCUT2D eigenvalue weighted by Crippen LogP contribution is -2.13. The number of para-hydroxylation sites is 1. The molecule has 0 aliphatic heterocycles. The monoisotopic (exact) mass is 514 g/mol. The molecular weight excluding hydrogens is 499 g/mol. The molecule has 6 heteroatoms. The molecule has 3 aromatic rings. The summed E-state index contributed by atoms with van der Waals surface area (Å²) in [4.78, 5) is 12.5. The van der Waals surface area contributed by atoms with Gasteiger partial charge in [0.15, 0.2) is 0 Å². The summed E-state index contributed by atoms with van der Waals surface area (Å²) in [7, 11) is 0. The number of rotatable bonds is 6. The Morgan fingerprint density at radius 2 is 1.86 bits per heavy atom. The number of anilines is 1. The number of hydrogen-bond donors (Lipinski definition) is 1. The minimum atomic E-state index is -0.512. The number of nitrogens with one attached hydrogen (secondary N) is 1. The van der Waals surface area contributed by atoms with E-state index < -0.39 is 5.91 Å². The molecule has 29 heavy (non-hydrogen) atoms. The largest absolute Gasteiger partial charge is 0.488 e. The molecule has 1 amide bonds. The van der Waals surface area contributed by atoms with Crippen LogP contribution in [-0.2, 0) is 11.4 Å². The Balaban J connectivity index is 1.77. The molecule has 1 N–H and O–H groups in total. The minimum absolute atomic E-state index is 0.0321. The van der Waals surface area contributed by atoms with Crippen LogP contribution in [0.5, 0.6) is 5.75 Å². The summed E-state index contributed by atoms with van der Waals surface area (Å²) in [6.45, 7) is 0.387. The minimum Gasteiger partial charge on any atom is -0.488 e. The summed E-state index contributed by atoms with van der Waals surface area (Å²) in [6.07, 6.45) is 1.52. The summed E-state index contributed by atoms with van der Waals surface area (Å²) in [6, 6.07) is 24.0. The Morgan fingerprint density at radius 3 is 2.59 bits per heavy atom. The van der Waals surface area contributed by atoms with E-state index in [2.05, 4.69) is 27.9 Å². The molecule has 0 spiro atoms. The van der Waals surface area contributed by atoms with Crippen LogP contribution >= 0.6 is 34.2 Å². The highest BCUT2D eigenvalue weighted by Crippen LogP contribution is 2.23. The van der Waals surface area contributed by atoms with Crippen LogP contribution in [-0.4, -0.2) is 5.91 Å². The number of ether oxygens (including phenoxy) is 1. The van der Waals surface area contributed by atoms with Crippen molar-refractivity contribution in [3.05, 3.63) is 98.1 Å². The maximum Gasteiger partial charge on any atom is 0.266 e. The van der Waals surface area contributed by atoms with Gasteiger partial charge in [0, 0.05) is 19.8 Å². The lowest BCUT2D eigenvalue weighted by Gasteiger charge is -2.10. The zero-order valence-electron chi connectivity index (χ0n) is 15.2. The molecule has 0 bridgehead atoms. The lowest BCUT2D eigenvalue weighted by molar-refractivity contribution is -0.112. The summed E-state index contributed by atoms with van der Waals surface area (Å²) >= 11 is 8.19. The lowest BCUT2D eigenvalue weighted by atomic mass is 10.1. The fourth-order valence-electron chi connectivity index (χ4n) is 2.54. The van der Waals surface area contributed by atoms with Crippen molar-refractivity contribution < 1.29 is 9.53 Å². The molecule has 0 aliphatic carbocycles. The number of halogens is 2. The number of hydrogen-bond acceptors (Lipinski definition) is 3. The van der Waals surface area contributed by atoms with Crippen molar-refractivity contribution in [1.82, 2.24) is 0 Å². The van der Waals surface area contributed by atoms with E-state index in [4.69, 9.17) is 16.3 Å². The van der Waals surface area contributed by atoms with E-state index in [9.17, 15) is 10.1 Å². The highest BCUT2D eigenvalue weighted by atomic mass is 127. The second kappa shape index (κ2) is 10.1. The Bertz CT molecular complexity index is 1090. The van der Waals surface area contributed by atoms with E-state index in [1.807, 2.05) is 48.5 Å². The molecule has 0 heterocycles. The van der Waals surface area contributed by atoms with Gasteiger partial charge in [-0.3, -0.25) is 4.79 Å². The third-order valence-electron chi connectivity index (χ3n) is 3.97. The smallest absolute Gasteiger partial charge is 0.266 e. The number of carbonyl (C=O) groups excluding carboxylic acids is 1. The fraction of sp³-hybridized carbons (Fsp3) is 0.0435. The highest BCUT2D eigenvalue weighted by molar-refractivity contribution is 14.1. The standard InChI is InChI=1S/C23H16ClIN2O2/c24-19-5-3-6-21(13-19)27-23(28)18(14-26)12-17-4-1-2-7-22(17)29-15-16-8-10-20(25)11-9-16/h1-13H,15H2,(H,27,28)/b18-12+. The second-order valence-electron chi connectivity index (χ2n) is 6.09. The molecule has 0 unspecified atom stereocenters. The maximum absolute atomic E-state index is 12.5. The summed E-state index contributed by atoms with van der Waals surface area (Å²) < 4.78 is 7.07. The number of carbonyl (C=O) groups is 1. The third-order valence-corrected chi connectivity index (χ3v) is 4.93. The topological polar surface area (TPSA) is 62.1 Å². The van der Waals surface area contributed by atoms with Crippen molar-refractivity contribution in [3.8, 4) is 11.8 Å². The number of nitriles is 1. The van der Waals surface area contributed by atoms with Crippen molar-refractivity contribution >= 4 is 51.9 Å². The zero-order valence-corrected chi connectivity index (χ0v) is 18.1. The normalized spacial score (nSPS) is 10.9. The van der Waals surface area contributed by atoms with Crippen molar-refractivity contribution in [2.75, 3.05) is 5.32 Å². The Morgan fingerprint density at radius 1 is 1.10 bits per heavy atom. The van der Waals surface area contributed by atoms with E-state index in [1.54, 1.807) is 30.3 Å². The maximum atomic E-state index is 12.5. The van der Waals surface area contributed by atoms with Crippen molar-refractivity contribution in [1.29, 1.82) is 5.26 Å². The molecule has 0 aliphatic rings. The molecule has 0 atom stereocenters. The van der Waals surface area contributed by atoms with Crippen molar-refractivity contribution in [2.24, 2.45) is 0 Å². The van der Waals surface area contributed by atoms with Crippen molar-refractivity contribution in [2.45, 2.75) is 6.61 Å². The van der Waals surface area contributed by atoms with Gasteiger partial charge >= 0.3 is 0 Å².